The van der Waals surface area contributed by atoms with Crippen molar-refractivity contribution in [2.24, 2.45) is 5.92 Å². The highest BCUT2D eigenvalue weighted by atomic mass is 35.5. The quantitative estimate of drug-likeness (QED) is 0.853. The van der Waals surface area contributed by atoms with E-state index in [0.29, 0.717) is 5.02 Å². The van der Waals surface area contributed by atoms with Gasteiger partial charge in [-0.15, -0.1) is 0 Å². The van der Waals surface area contributed by atoms with E-state index in [2.05, 4.69) is 0 Å². The Morgan fingerprint density at radius 3 is 2.31 bits per heavy atom. The minimum Gasteiger partial charge on any atom is -0.394 e. The van der Waals surface area contributed by atoms with Crippen LogP contribution in [-0.4, -0.2) is 22.9 Å². The van der Waals surface area contributed by atoms with Crippen LogP contribution in [0, 0.1) is 12.8 Å². The third-order valence-electron chi connectivity index (χ3n) is 2.77. The summed E-state index contributed by atoms with van der Waals surface area (Å²) in [5.41, 5.74) is 2.06. The molecule has 0 aromatic heterocycles. The van der Waals surface area contributed by atoms with E-state index in [1.165, 1.54) is 0 Å². The first-order chi connectivity index (χ1) is 7.45. The second kappa shape index (κ2) is 5.67. The van der Waals surface area contributed by atoms with E-state index in [1.807, 2.05) is 39.0 Å². The molecular weight excluding hydrogens is 224 g/mol. The molecule has 0 amide bonds. The van der Waals surface area contributed by atoms with Crippen LogP contribution in [0.15, 0.2) is 18.2 Å². The lowest BCUT2D eigenvalue weighted by atomic mass is 9.83. The minimum absolute atomic E-state index is 0.0811. The average molecular weight is 243 g/mol. The average Bonchev–Trinajstić information content (AvgIpc) is 2.15. The summed E-state index contributed by atoms with van der Waals surface area (Å²) in [4.78, 5) is 0. The van der Waals surface area contributed by atoms with Crippen LogP contribution >= 0.6 is 11.6 Å². The van der Waals surface area contributed by atoms with E-state index in [0.717, 1.165) is 11.1 Å². The van der Waals surface area contributed by atoms with Crippen molar-refractivity contribution < 1.29 is 10.2 Å². The zero-order valence-corrected chi connectivity index (χ0v) is 10.7. The molecule has 0 radical (unpaired) electrons. The molecule has 0 saturated carbocycles. The van der Waals surface area contributed by atoms with Gasteiger partial charge in [-0.25, -0.2) is 0 Å². The third kappa shape index (κ3) is 3.21. The Hall–Kier alpha value is -0.570. The zero-order valence-electron chi connectivity index (χ0n) is 9.94. The monoisotopic (exact) mass is 242 g/mol. The number of benzene rings is 1. The van der Waals surface area contributed by atoms with Gasteiger partial charge in [-0.1, -0.05) is 31.5 Å². The van der Waals surface area contributed by atoms with Gasteiger partial charge in [-0.3, -0.25) is 0 Å². The maximum absolute atomic E-state index is 9.83. The molecule has 0 aliphatic heterocycles. The second-order valence-corrected chi connectivity index (χ2v) is 5.02. The number of aliphatic hydroxyl groups is 2. The zero-order chi connectivity index (χ0) is 12.3. The van der Waals surface area contributed by atoms with Gasteiger partial charge in [-0.05, 0) is 36.1 Å². The first-order valence-corrected chi connectivity index (χ1v) is 5.89. The van der Waals surface area contributed by atoms with Crippen molar-refractivity contribution in [3.8, 4) is 0 Å². The molecule has 0 heterocycles. The summed E-state index contributed by atoms with van der Waals surface area (Å²) in [5.74, 6) is 0.169. The Kier molecular flexibility index (Phi) is 4.78. The summed E-state index contributed by atoms with van der Waals surface area (Å²) in [6, 6.07) is 5.75. The van der Waals surface area contributed by atoms with E-state index in [-0.39, 0.29) is 18.4 Å². The first kappa shape index (κ1) is 13.5. The van der Waals surface area contributed by atoms with Gasteiger partial charge < -0.3 is 10.2 Å². The van der Waals surface area contributed by atoms with Gasteiger partial charge in [0.1, 0.15) is 0 Å². The smallest absolute Gasteiger partial charge is 0.0841 e. The van der Waals surface area contributed by atoms with Gasteiger partial charge in [0.25, 0.3) is 0 Å². The van der Waals surface area contributed by atoms with Crippen molar-refractivity contribution in [2.75, 3.05) is 6.61 Å². The second-order valence-electron chi connectivity index (χ2n) is 4.58. The fraction of sp³-hybridized carbons (Fsp3) is 0.538. The Balaban J connectivity index is 3.10. The van der Waals surface area contributed by atoms with Crippen molar-refractivity contribution in [3.05, 3.63) is 34.3 Å². The lowest BCUT2D eigenvalue weighted by Crippen LogP contribution is -2.26. The van der Waals surface area contributed by atoms with Crippen LogP contribution in [0.4, 0.5) is 0 Å². The number of rotatable bonds is 4. The Morgan fingerprint density at radius 2 is 1.88 bits per heavy atom. The highest BCUT2D eigenvalue weighted by Crippen LogP contribution is 2.30. The molecule has 2 nitrogen and oxygen atoms in total. The molecule has 90 valence electrons. The van der Waals surface area contributed by atoms with E-state index in [1.54, 1.807) is 0 Å². The van der Waals surface area contributed by atoms with Crippen LogP contribution in [0.1, 0.15) is 30.9 Å². The molecule has 2 N–H and O–H groups in total. The predicted molar refractivity (Wildman–Crippen MR) is 66.9 cm³/mol. The summed E-state index contributed by atoms with van der Waals surface area (Å²) >= 11 is 6.00. The molecule has 3 heteroatoms. The van der Waals surface area contributed by atoms with Crippen LogP contribution in [0.2, 0.25) is 5.02 Å². The molecular formula is C13H19ClO2. The van der Waals surface area contributed by atoms with Crippen LogP contribution in [0.5, 0.6) is 0 Å². The van der Waals surface area contributed by atoms with Gasteiger partial charge in [0.2, 0.25) is 0 Å². The minimum atomic E-state index is -0.738. The van der Waals surface area contributed by atoms with Crippen LogP contribution in [-0.2, 0) is 0 Å². The fourth-order valence-corrected chi connectivity index (χ4v) is 2.42. The molecule has 0 aliphatic rings. The Morgan fingerprint density at radius 1 is 1.25 bits per heavy atom. The maximum Gasteiger partial charge on any atom is 0.0841 e. The summed E-state index contributed by atoms with van der Waals surface area (Å²) < 4.78 is 0. The lowest BCUT2D eigenvalue weighted by Gasteiger charge is -2.26. The summed E-state index contributed by atoms with van der Waals surface area (Å²) in [7, 11) is 0. The summed E-state index contributed by atoms with van der Waals surface area (Å²) in [6.45, 7) is 5.80. The highest BCUT2D eigenvalue weighted by molar-refractivity contribution is 6.30. The molecule has 0 fully saturated rings. The molecule has 16 heavy (non-hydrogen) atoms. The van der Waals surface area contributed by atoms with Crippen molar-refractivity contribution in [2.45, 2.75) is 32.8 Å². The lowest BCUT2D eigenvalue weighted by molar-refractivity contribution is 0.0591. The van der Waals surface area contributed by atoms with Crippen molar-refractivity contribution in [3.63, 3.8) is 0 Å². The molecule has 1 aromatic carbocycles. The standard InChI is InChI=1S/C13H19ClO2/c1-8(2)13(12(16)7-15)10-4-9(3)5-11(14)6-10/h4-6,8,12-13,15-16H,7H2,1-3H3. The normalized spacial score (nSPS) is 15.2. The number of halogens is 1. The van der Waals surface area contributed by atoms with Gasteiger partial charge in [-0.2, -0.15) is 0 Å². The van der Waals surface area contributed by atoms with E-state index in [4.69, 9.17) is 16.7 Å². The molecule has 2 atom stereocenters. The fourth-order valence-electron chi connectivity index (χ4n) is 2.12. The topological polar surface area (TPSA) is 40.5 Å². The molecule has 0 aliphatic carbocycles. The molecule has 0 bridgehead atoms. The highest BCUT2D eigenvalue weighted by Gasteiger charge is 2.24. The first-order valence-electron chi connectivity index (χ1n) is 5.51. The van der Waals surface area contributed by atoms with E-state index >= 15 is 0 Å². The van der Waals surface area contributed by atoms with Crippen LogP contribution in [0.25, 0.3) is 0 Å². The van der Waals surface area contributed by atoms with Crippen LogP contribution in [0.3, 0.4) is 0 Å². The third-order valence-corrected chi connectivity index (χ3v) is 2.99. The molecule has 2 unspecified atom stereocenters. The molecule has 0 spiro atoms. The van der Waals surface area contributed by atoms with Crippen molar-refractivity contribution >= 4 is 11.6 Å². The van der Waals surface area contributed by atoms with E-state index in [9.17, 15) is 5.11 Å². The van der Waals surface area contributed by atoms with Crippen molar-refractivity contribution in [1.82, 2.24) is 0 Å². The number of hydrogen-bond acceptors (Lipinski definition) is 2. The number of aliphatic hydroxyl groups excluding tert-OH is 2. The predicted octanol–water partition coefficient (Wildman–Crippen LogP) is 2.74. The van der Waals surface area contributed by atoms with Gasteiger partial charge in [0.15, 0.2) is 0 Å². The molecule has 1 rings (SSSR count). The number of aryl methyl sites for hydroxylation is 1. The SMILES string of the molecule is Cc1cc(Cl)cc(C(C(C)C)C(O)CO)c1. The Bertz CT molecular complexity index is 330. The molecule has 0 saturated heterocycles. The summed E-state index contributed by atoms with van der Waals surface area (Å²) in [6.07, 6.45) is -0.738. The van der Waals surface area contributed by atoms with Crippen molar-refractivity contribution in [1.29, 1.82) is 0 Å². The number of hydrogen-bond donors (Lipinski definition) is 2. The summed E-state index contributed by atoms with van der Waals surface area (Å²) in [5, 5.41) is 19.6. The van der Waals surface area contributed by atoms with Crippen LogP contribution < -0.4 is 0 Å². The van der Waals surface area contributed by atoms with E-state index < -0.39 is 6.10 Å². The Labute approximate surface area is 102 Å². The largest absolute Gasteiger partial charge is 0.394 e. The molecule has 1 aromatic rings. The maximum atomic E-state index is 9.83. The van der Waals surface area contributed by atoms with Gasteiger partial charge in [0.05, 0.1) is 12.7 Å². The van der Waals surface area contributed by atoms with Gasteiger partial charge in [0, 0.05) is 10.9 Å². The van der Waals surface area contributed by atoms with Gasteiger partial charge >= 0.3 is 0 Å².